The Hall–Kier alpha value is -0.490. The third-order valence-corrected chi connectivity index (χ3v) is 2.75. The van der Waals surface area contributed by atoms with Gasteiger partial charge in [-0.05, 0) is 24.3 Å². The van der Waals surface area contributed by atoms with Gasteiger partial charge in [-0.3, -0.25) is 0 Å². The molecule has 19 heavy (non-hydrogen) atoms. The van der Waals surface area contributed by atoms with Crippen molar-refractivity contribution in [3.8, 4) is 5.75 Å². The minimum absolute atomic E-state index is 0.184. The van der Waals surface area contributed by atoms with E-state index in [9.17, 15) is 4.57 Å². The number of hydrogen-bond donors (Lipinski definition) is 2. The maximum absolute atomic E-state index is 10.5. The summed E-state index contributed by atoms with van der Waals surface area (Å²) < 4.78 is 14.4. The number of alkyl halides is 2. The second kappa shape index (κ2) is 7.94. The molecule has 0 amide bonds. The van der Waals surface area contributed by atoms with E-state index in [0.29, 0.717) is 24.8 Å². The van der Waals surface area contributed by atoms with Gasteiger partial charge in [-0.15, -0.1) is 23.2 Å². The average molecular weight is 330 g/mol. The fraction of sp³-hybridized carbons (Fsp3) is 0.400. The lowest BCUT2D eigenvalue weighted by Gasteiger charge is -2.22. The minimum atomic E-state index is -4.65. The summed E-state index contributed by atoms with van der Waals surface area (Å²) in [6.07, 6.45) is 0. The van der Waals surface area contributed by atoms with Gasteiger partial charge in [-0.25, -0.2) is 4.57 Å². The van der Waals surface area contributed by atoms with Crippen LogP contribution in [-0.4, -0.2) is 34.6 Å². The van der Waals surface area contributed by atoms with Crippen molar-refractivity contribution in [1.82, 2.24) is 0 Å². The maximum Gasteiger partial charge on any atom is 0.505 e. The number of phosphoric acid groups is 1. The largest absolute Gasteiger partial charge is 0.505 e. The molecule has 1 rings (SSSR count). The average Bonchev–Trinajstić information content (AvgIpc) is 2.36. The molecule has 0 aliphatic carbocycles. The topological polar surface area (TPSA) is 79.2 Å². The zero-order chi connectivity index (χ0) is 14.3. The van der Waals surface area contributed by atoms with Gasteiger partial charge in [-0.1, -0.05) is 4.67 Å². The van der Waals surface area contributed by atoms with Crippen LogP contribution in [0.25, 0.3) is 0 Å². The van der Waals surface area contributed by atoms with Crippen molar-refractivity contribution in [3.63, 3.8) is 0 Å². The normalized spacial score (nSPS) is 11.4. The highest BCUT2D eigenvalue weighted by Gasteiger charge is 2.16. The van der Waals surface area contributed by atoms with Gasteiger partial charge in [0, 0.05) is 30.5 Å². The van der Waals surface area contributed by atoms with Gasteiger partial charge in [0.15, 0.2) is 5.75 Å². The van der Waals surface area contributed by atoms with Gasteiger partial charge in [0.25, 0.3) is 0 Å². The van der Waals surface area contributed by atoms with Crippen molar-refractivity contribution in [2.24, 2.45) is 0 Å². The molecular formula is C10H14Cl2NO5P. The number of rotatable bonds is 8. The summed E-state index contributed by atoms with van der Waals surface area (Å²) in [7, 11) is -4.65. The molecule has 0 heterocycles. The first-order chi connectivity index (χ1) is 8.96. The summed E-state index contributed by atoms with van der Waals surface area (Å²) in [5.74, 6) is 1.12. The Morgan fingerprint density at radius 1 is 1.11 bits per heavy atom. The summed E-state index contributed by atoms with van der Waals surface area (Å²) >= 11 is 11.4. The fourth-order valence-corrected chi connectivity index (χ4v) is 1.97. The zero-order valence-electron chi connectivity index (χ0n) is 9.91. The van der Waals surface area contributed by atoms with E-state index in [2.05, 4.69) is 9.56 Å². The molecule has 0 aliphatic heterocycles. The second-order valence-corrected chi connectivity index (χ2v) is 5.39. The number of benzene rings is 1. The van der Waals surface area contributed by atoms with Crippen LogP contribution in [0.4, 0.5) is 5.69 Å². The van der Waals surface area contributed by atoms with Crippen molar-refractivity contribution < 1.29 is 23.9 Å². The van der Waals surface area contributed by atoms with Crippen molar-refractivity contribution >= 4 is 36.7 Å². The summed E-state index contributed by atoms with van der Waals surface area (Å²) in [6, 6.07) is 6.50. The van der Waals surface area contributed by atoms with Crippen LogP contribution >= 0.6 is 31.0 Å². The molecule has 0 aliphatic rings. The molecule has 6 nitrogen and oxygen atoms in total. The van der Waals surface area contributed by atoms with Gasteiger partial charge in [0.1, 0.15) is 0 Å². The Morgan fingerprint density at radius 3 is 2.05 bits per heavy atom. The predicted octanol–water partition coefficient (Wildman–Crippen LogP) is 2.37. The molecule has 0 saturated carbocycles. The van der Waals surface area contributed by atoms with Crippen LogP contribution in [-0.2, 0) is 9.24 Å². The van der Waals surface area contributed by atoms with E-state index < -0.39 is 7.82 Å². The highest BCUT2D eigenvalue weighted by Crippen LogP contribution is 2.36. The van der Waals surface area contributed by atoms with E-state index in [-0.39, 0.29) is 5.75 Å². The molecule has 0 spiro atoms. The van der Waals surface area contributed by atoms with Crippen molar-refractivity contribution in [1.29, 1.82) is 0 Å². The van der Waals surface area contributed by atoms with E-state index in [4.69, 9.17) is 33.0 Å². The summed E-state index contributed by atoms with van der Waals surface area (Å²) in [5, 5.41) is 0. The Labute approximate surface area is 121 Å². The molecule has 1 aromatic rings. The number of nitrogens with zero attached hydrogens (tertiary/aromatic N) is 1. The van der Waals surface area contributed by atoms with E-state index in [1.807, 2.05) is 4.90 Å². The van der Waals surface area contributed by atoms with Crippen LogP contribution < -0.4 is 9.79 Å². The van der Waals surface area contributed by atoms with Gasteiger partial charge in [-0.2, -0.15) is 0 Å². The van der Waals surface area contributed by atoms with Gasteiger partial charge >= 0.3 is 7.82 Å². The lowest BCUT2D eigenvalue weighted by Crippen LogP contribution is -2.27. The SMILES string of the molecule is O=P(O)(O)OOc1ccc(N(CCCl)CCCl)cc1. The Kier molecular flexibility index (Phi) is 6.93. The summed E-state index contributed by atoms with van der Waals surface area (Å²) in [6.45, 7) is 1.29. The molecule has 0 saturated heterocycles. The van der Waals surface area contributed by atoms with Crippen molar-refractivity contribution in [2.45, 2.75) is 0 Å². The molecular weight excluding hydrogens is 316 g/mol. The Balaban J connectivity index is 2.66. The number of hydrogen-bond acceptors (Lipinski definition) is 4. The molecule has 0 unspecified atom stereocenters. The summed E-state index contributed by atoms with van der Waals surface area (Å²) in [5.41, 5.74) is 0.879. The van der Waals surface area contributed by atoms with Crippen LogP contribution in [0.5, 0.6) is 5.75 Å². The Morgan fingerprint density at radius 2 is 1.63 bits per heavy atom. The number of anilines is 1. The molecule has 0 radical (unpaired) electrons. The first-order valence-corrected chi connectivity index (χ1v) is 7.95. The first kappa shape index (κ1) is 16.6. The van der Waals surface area contributed by atoms with E-state index in [1.54, 1.807) is 12.1 Å². The lowest BCUT2D eigenvalue weighted by atomic mass is 10.2. The monoisotopic (exact) mass is 329 g/mol. The minimum Gasteiger partial charge on any atom is -0.369 e. The second-order valence-electron chi connectivity index (χ2n) is 3.51. The molecule has 0 aromatic heterocycles. The molecule has 2 N–H and O–H groups in total. The van der Waals surface area contributed by atoms with Gasteiger partial charge in [0.05, 0.1) is 0 Å². The molecule has 108 valence electrons. The highest BCUT2D eigenvalue weighted by atomic mass is 35.5. The molecule has 0 fully saturated rings. The lowest BCUT2D eigenvalue weighted by molar-refractivity contribution is -0.122. The van der Waals surface area contributed by atoms with Crippen LogP contribution in [0.2, 0.25) is 0 Å². The van der Waals surface area contributed by atoms with Crippen LogP contribution in [0.15, 0.2) is 24.3 Å². The van der Waals surface area contributed by atoms with Gasteiger partial charge in [0.2, 0.25) is 0 Å². The Bertz CT molecular complexity index is 418. The molecule has 9 heteroatoms. The van der Waals surface area contributed by atoms with E-state index in [0.717, 1.165) is 5.69 Å². The fourth-order valence-electron chi connectivity index (χ4n) is 1.38. The maximum atomic E-state index is 10.5. The molecule has 1 aromatic carbocycles. The third kappa shape index (κ3) is 6.47. The van der Waals surface area contributed by atoms with Crippen molar-refractivity contribution in [2.75, 3.05) is 29.7 Å². The predicted molar refractivity (Wildman–Crippen MR) is 73.9 cm³/mol. The van der Waals surface area contributed by atoms with Crippen LogP contribution in [0.3, 0.4) is 0 Å². The highest BCUT2D eigenvalue weighted by molar-refractivity contribution is 7.46. The smallest absolute Gasteiger partial charge is 0.369 e. The quantitative estimate of drug-likeness (QED) is 0.330. The zero-order valence-corrected chi connectivity index (χ0v) is 12.3. The third-order valence-electron chi connectivity index (χ3n) is 2.14. The van der Waals surface area contributed by atoms with Crippen LogP contribution in [0.1, 0.15) is 0 Å². The first-order valence-electron chi connectivity index (χ1n) is 5.35. The van der Waals surface area contributed by atoms with Crippen LogP contribution in [0, 0.1) is 0 Å². The molecule has 0 atom stereocenters. The summed E-state index contributed by atoms with van der Waals surface area (Å²) in [4.78, 5) is 23.4. The van der Waals surface area contributed by atoms with Gasteiger partial charge < -0.3 is 19.6 Å². The standard InChI is InChI=1S/C10H14Cl2NO5P/c11-5-7-13(8-6-12)9-1-3-10(4-2-9)17-18-19(14,15)16/h1-4H,5-8H2,(H2,14,15,16). The van der Waals surface area contributed by atoms with Crippen molar-refractivity contribution in [3.05, 3.63) is 24.3 Å². The van der Waals surface area contributed by atoms with E-state index in [1.165, 1.54) is 12.1 Å². The van der Waals surface area contributed by atoms with E-state index >= 15 is 0 Å². The number of halogens is 2. The molecule has 0 bridgehead atoms.